The van der Waals surface area contributed by atoms with Crippen LogP contribution in [0.5, 0.6) is 5.75 Å². The number of hydrogen-bond donors (Lipinski definition) is 1. The van der Waals surface area contributed by atoms with Crippen LogP contribution in [0.1, 0.15) is 27.2 Å². The van der Waals surface area contributed by atoms with E-state index in [2.05, 4.69) is 28.4 Å². The van der Waals surface area contributed by atoms with Crippen molar-refractivity contribution in [2.45, 2.75) is 12.6 Å². The van der Waals surface area contributed by atoms with Gasteiger partial charge in [-0.15, -0.1) is 11.3 Å². The number of nitrogens with one attached hydrogen (secondary N) is 1. The van der Waals surface area contributed by atoms with Crippen LogP contribution in [-0.2, 0) is 6.61 Å². The zero-order valence-corrected chi connectivity index (χ0v) is 17.8. The number of furan rings is 1. The fourth-order valence-electron chi connectivity index (χ4n) is 3.28. The molecule has 5 nitrogen and oxygen atoms in total. The van der Waals surface area contributed by atoms with E-state index in [1.165, 1.54) is 10.3 Å². The lowest BCUT2D eigenvalue weighted by Crippen LogP contribution is -2.34. The van der Waals surface area contributed by atoms with Gasteiger partial charge in [0.25, 0.3) is 5.91 Å². The van der Waals surface area contributed by atoms with Crippen molar-refractivity contribution < 1.29 is 13.9 Å². The molecule has 1 amide bonds. The Morgan fingerprint density at radius 3 is 2.67 bits per heavy atom. The maximum absolute atomic E-state index is 12.5. The summed E-state index contributed by atoms with van der Waals surface area (Å²) in [7, 11) is 4.01. The van der Waals surface area contributed by atoms with Gasteiger partial charge in [-0.2, -0.15) is 0 Å². The summed E-state index contributed by atoms with van der Waals surface area (Å²) in [6.07, 6.45) is 0. The number of ether oxygens (including phenoxy) is 1. The molecule has 2 aromatic carbocycles. The van der Waals surface area contributed by atoms with Crippen LogP contribution >= 0.6 is 11.3 Å². The number of fused-ring (bicyclic) bond motifs is 1. The van der Waals surface area contributed by atoms with Crippen molar-refractivity contribution in [2.24, 2.45) is 0 Å². The van der Waals surface area contributed by atoms with Gasteiger partial charge < -0.3 is 19.4 Å². The molecule has 6 heteroatoms. The Kier molecular flexibility index (Phi) is 6.16. The van der Waals surface area contributed by atoms with Crippen LogP contribution in [0.25, 0.3) is 10.8 Å². The molecule has 154 valence electrons. The van der Waals surface area contributed by atoms with E-state index in [0.29, 0.717) is 12.3 Å². The normalized spacial score (nSPS) is 12.2. The van der Waals surface area contributed by atoms with Gasteiger partial charge in [0.2, 0.25) is 0 Å². The first-order valence-corrected chi connectivity index (χ1v) is 10.7. The van der Waals surface area contributed by atoms with Crippen molar-refractivity contribution in [1.29, 1.82) is 0 Å². The van der Waals surface area contributed by atoms with Crippen molar-refractivity contribution in [3.05, 3.63) is 88.5 Å². The van der Waals surface area contributed by atoms with E-state index in [1.807, 2.05) is 55.9 Å². The summed E-state index contributed by atoms with van der Waals surface area (Å²) >= 11 is 1.68. The molecule has 2 aromatic heterocycles. The summed E-state index contributed by atoms with van der Waals surface area (Å²) in [5.74, 6) is 1.43. The van der Waals surface area contributed by atoms with Gasteiger partial charge >= 0.3 is 0 Å². The first kappa shape index (κ1) is 20.2. The molecule has 0 radical (unpaired) electrons. The Morgan fingerprint density at radius 2 is 1.90 bits per heavy atom. The SMILES string of the molecule is CN(C)C(CNC(=O)c1ccc(COc2ccc3ccccc3c2)o1)c1cccs1. The van der Waals surface area contributed by atoms with E-state index in [1.54, 1.807) is 23.5 Å². The third-order valence-corrected chi connectivity index (χ3v) is 5.91. The summed E-state index contributed by atoms with van der Waals surface area (Å²) in [5.41, 5.74) is 0. The quantitative estimate of drug-likeness (QED) is 0.431. The van der Waals surface area contributed by atoms with Gasteiger partial charge in [0.1, 0.15) is 18.1 Å². The second-order valence-corrected chi connectivity index (χ2v) is 8.25. The van der Waals surface area contributed by atoms with E-state index < -0.39 is 0 Å². The smallest absolute Gasteiger partial charge is 0.287 e. The van der Waals surface area contributed by atoms with Crippen molar-refractivity contribution in [1.82, 2.24) is 10.2 Å². The Hall–Kier alpha value is -3.09. The Labute approximate surface area is 179 Å². The number of thiophene rings is 1. The molecule has 0 aliphatic rings. The second-order valence-electron chi connectivity index (χ2n) is 7.27. The highest BCUT2D eigenvalue weighted by atomic mass is 32.1. The molecule has 1 atom stereocenters. The molecular formula is C24H24N2O3S. The predicted octanol–water partition coefficient (Wildman–Crippen LogP) is 5.11. The fourth-order valence-corrected chi connectivity index (χ4v) is 4.21. The van der Waals surface area contributed by atoms with Gasteiger partial charge in [0, 0.05) is 11.4 Å². The number of carbonyl (C=O) groups is 1. The fraction of sp³-hybridized carbons (Fsp3) is 0.208. The Bertz CT molecular complexity index is 1120. The maximum atomic E-state index is 12.5. The number of nitrogens with zero attached hydrogens (tertiary/aromatic N) is 1. The minimum Gasteiger partial charge on any atom is -0.486 e. The molecule has 2 heterocycles. The molecular weight excluding hydrogens is 396 g/mol. The standard InChI is InChI=1S/C24H24N2O3S/c1-26(2)21(23-8-5-13-30-23)15-25-24(27)22-12-11-20(29-22)16-28-19-10-9-17-6-3-4-7-18(17)14-19/h3-14,21H,15-16H2,1-2H3,(H,25,27). The zero-order chi connectivity index (χ0) is 20.9. The van der Waals surface area contributed by atoms with Crippen molar-refractivity contribution >= 4 is 28.0 Å². The molecule has 4 rings (SSSR count). The molecule has 0 saturated heterocycles. The van der Waals surface area contributed by atoms with Crippen LogP contribution in [0.3, 0.4) is 0 Å². The van der Waals surface area contributed by atoms with Gasteiger partial charge in [0.05, 0.1) is 6.04 Å². The minimum absolute atomic E-state index is 0.125. The van der Waals surface area contributed by atoms with Gasteiger partial charge in [-0.25, -0.2) is 0 Å². The molecule has 0 bridgehead atoms. The van der Waals surface area contributed by atoms with Crippen molar-refractivity contribution in [2.75, 3.05) is 20.6 Å². The van der Waals surface area contributed by atoms with Crippen LogP contribution in [0, 0.1) is 0 Å². The molecule has 0 fully saturated rings. The third kappa shape index (κ3) is 4.72. The van der Waals surface area contributed by atoms with Gasteiger partial charge in [0.15, 0.2) is 5.76 Å². The molecule has 0 saturated carbocycles. The number of hydrogen-bond acceptors (Lipinski definition) is 5. The highest BCUT2D eigenvalue weighted by Gasteiger charge is 2.18. The summed E-state index contributed by atoms with van der Waals surface area (Å²) in [6, 6.07) is 21.8. The van der Waals surface area contributed by atoms with E-state index in [9.17, 15) is 4.79 Å². The molecule has 4 aromatic rings. The maximum Gasteiger partial charge on any atom is 0.287 e. The lowest BCUT2D eigenvalue weighted by molar-refractivity contribution is 0.0910. The topological polar surface area (TPSA) is 54.7 Å². The Morgan fingerprint density at radius 1 is 1.07 bits per heavy atom. The van der Waals surface area contributed by atoms with Crippen LogP contribution < -0.4 is 10.1 Å². The average Bonchev–Trinajstić information content (AvgIpc) is 3.44. The van der Waals surface area contributed by atoms with Gasteiger partial charge in [-0.05, 0) is 60.6 Å². The number of rotatable bonds is 8. The second kappa shape index (κ2) is 9.15. The summed E-state index contributed by atoms with van der Waals surface area (Å²) < 4.78 is 11.5. The highest BCUT2D eigenvalue weighted by molar-refractivity contribution is 7.10. The van der Waals surface area contributed by atoms with E-state index in [4.69, 9.17) is 9.15 Å². The molecule has 1 N–H and O–H groups in total. The van der Waals surface area contributed by atoms with Gasteiger partial charge in [-0.1, -0.05) is 36.4 Å². The van der Waals surface area contributed by atoms with Crippen LogP contribution in [0.4, 0.5) is 0 Å². The lowest BCUT2D eigenvalue weighted by Gasteiger charge is -2.23. The summed E-state index contributed by atoms with van der Waals surface area (Å²) in [4.78, 5) is 15.8. The predicted molar refractivity (Wildman–Crippen MR) is 120 cm³/mol. The molecule has 30 heavy (non-hydrogen) atoms. The van der Waals surface area contributed by atoms with Gasteiger partial charge in [-0.3, -0.25) is 4.79 Å². The van der Waals surface area contributed by atoms with Crippen molar-refractivity contribution in [3.63, 3.8) is 0 Å². The summed E-state index contributed by atoms with van der Waals surface area (Å²) in [5, 5.41) is 7.30. The monoisotopic (exact) mass is 420 g/mol. The van der Waals surface area contributed by atoms with E-state index in [-0.39, 0.29) is 24.3 Å². The van der Waals surface area contributed by atoms with Crippen molar-refractivity contribution in [3.8, 4) is 5.75 Å². The van der Waals surface area contributed by atoms with E-state index in [0.717, 1.165) is 11.1 Å². The largest absolute Gasteiger partial charge is 0.486 e. The number of carbonyl (C=O) groups excluding carboxylic acids is 1. The van der Waals surface area contributed by atoms with Crippen LogP contribution in [0.15, 0.2) is 76.5 Å². The molecule has 1 unspecified atom stereocenters. The van der Waals surface area contributed by atoms with Crippen LogP contribution in [0.2, 0.25) is 0 Å². The van der Waals surface area contributed by atoms with E-state index >= 15 is 0 Å². The molecule has 0 spiro atoms. The third-order valence-electron chi connectivity index (χ3n) is 4.94. The average molecular weight is 421 g/mol. The number of likely N-dealkylation sites (N-methyl/N-ethyl adjacent to an activating group) is 1. The minimum atomic E-state index is -0.227. The molecule has 0 aliphatic carbocycles. The first-order chi connectivity index (χ1) is 14.6. The number of amides is 1. The lowest BCUT2D eigenvalue weighted by atomic mass is 10.1. The Balaban J connectivity index is 1.34. The number of benzene rings is 2. The molecule has 0 aliphatic heterocycles. The summed E-state index contributed by atoms with van der Waals surface area (Å²) in [6.45, 7) is 0.775. The zero-order valence-electron chi connectivity index (χ0n) is 17.0. The highest BCUT2D eigenvalue weighted by Crippen LogP contribution is 2.23. The van der Waals surface area contributed by atoms with Crippen LogP contribution in [-0.4, -0.2) is 31.4 Å². The first-order valence-electron chi connectivity index (χ1n) is 9.78.